The summed E-state index contributed by atoms with van der Waals surface area (Å²) in [6.45, 7) is 14.5. The first kappa shape index (κ1) is 23.4. The average molecular weight is 443 g/mol. The fraction of sp³-hybridized carbons (Fsp3) is 0.433. The summed E-state index contributed by atoms with van der Waals surface area (Å²) in [6, 6.07) is 17.4. The van der Waals surface area contributed by atoms with E-state index >= 15 is 0 Å². The molecule has 3 heteroatoms. The van der Waals surface area contributed by atoms with Crippen molar-refractivity contribution in [2.75, 3.05) is 0 Å². The van der Waals surface area contributed by atoms with E-state index in [9.17, 15) is 4.79 Å². The highest BCUT2D eigenvalue weighted by molar-refractivity contribution is 5.96. The Hall–Kier alpha value is -2.81. The van der Waals surface area contributed by atoms with Gasteiger partial charge in [-0.05, 0) is 77.8 Å². The van der Waals surface area contributed by atoms with Crippen LogP contribution in [0.4, 0.5) is 0 Å². The van der Waals surface area contributed by atoms with Gasteiger partial charge in [0.1, 0.15) is 0 Å². The number of fused-ring (bicyclic) bond motifs is 1. The number of hydrogen-bond donors (Lipinski definition) is 1. The normalized spacial score (nSPS) is 16.4. The number of carbonyl (C=O) groups is 1. The Morgan fingerprint density at radius 2 is 1.58 bits per heavy atom. The quantitative estimate of drug-likeness (QED) is 0.453. The molecule has 3 aromatic rings. The van der Waals surface area contributed by atoms with Crippen LogP contribution >= 0.6 is 0 Å². The van der Waals surface area contributed by atoms with Crippen LogP contribution in [0, 0.1) is 6.92 Å². The topological polar surface area (TPSA) is 48.0 Å². The largest absolute Gasteiger partial charge is 0.366 e. The monoisotopic (exact) mass is 442 g/mol. The third kappa shape index (κ3) is 4.26. The van der Waals surface area contributed by atoms with Crippen LogP contribution in [0.1, 0.15) is 85.8 Å². The van der Waals surface area contributed by atoms with Crippen LogP contribution in [0.25, 0.3) is 11.3 Å². The molecule has 0 atom stereocenters. The molecule has 0 aliphatic heterocycles. The lowest BCUT2D eigenvalue weighted by atomic mass is 9.62. The molecule has 0 spiro atoms. The fourth-order valence-corrected chi connectivity index (χ4v) is 5.48. The fourth-order valence-electron chi connectivity index (χ4n) is 5.48. The first-order valence-corrected chi connectivity index (χ1v) is 12.3. The Morgan fingerprint density at radius 1 is 0.970 bits per heavy atom. The standard InChI is InChI=1S/C30H38N2O/c1-7-22-17-25-26(30(5,6)15-14-29(25,3)4)18-24(22)27-19-23(28(31)33)20(2)32(27)16-13-21-11-9-8-10-12-21/h8-12,17-19H,7,13-16H2,1-6H3,(H2,31,33). The van der Waals surface area contributed by atoms with Crippen molar-refractivity contribution in [1.29, 1.82) is 0 Å². The van der Waals surface area contributed by atoms with E-state index in [-0.39, 0.29) is 16.7 Å². The second-order valence-electron chi connectivity index (χ2n) is 11.0. The molecule has 0 saturated carbocycles. The second-order valence-corrected chi connectivity index (χ2v) is 11.0. The molecule has 0 fully saturated rings. The predicted octanol–water partition coefficient (Wildman–Crippen LogP) is 6.72. The van der Waals surface area contributed by atoms with Crippen molar-refractivity contribution in [1.82, 2.24) is 4.57 Å². The number of aryl methyl sites for hydroxylation is 2. The van der Waals surface area contributed by atoms with Gasteiger partial charge < -0.3 is 10.3 Å². The van der Waals surface area contributed by atoms with Gasteiger partial charge in [0.15, 0.2) is 0 Å². The van der Waals surface area contributed by atoms with Crippen LogP contribution in [0.3, 0.4) is 0 Å². The van der Waals surface area contributed by atoms with Crippen LogP contribution < -0.4 is 5.73 Å². The molecule has 3 nitrogen and oxygen atoms in total. The van der Waals surface area contributed by atoms with Crippen LogP contribution in [0.15, 0.2) is 48.5 Å². The molecule has 0 radical (unpaired) electrons. The zero-order valence-corrected chi connectivity index (χ0v) is 21.1. The van der Waals surface area contributed by atoms with E-state index in [1.807, 2.05) is 19.1 Å². The Kier molecular flexibility index (Phi) is 6.03. The van der Waals surface area contributed by atoms with E-state index in [0.29, 0.717) is 5.56 Å². The van der Waals surface area contributed by atoms with Gasteiger partial charge in [-0.25, -0.2) is 0 Å². The van der Waals surface area contributed by atoms with Gasteiger partial charge in [0.2, 0.25) is 0 Å². The van der Waals surface area contributed by atoms with Gasteiger partial charge in [-0.2, -0.15) is 0 Å². The Morgan fingerprint density at radius 3 is 2.15 bits per heavy atom. The Bertz CT molecular complexity index is 1180. The summed E-state index contributed by atoms with van der Waals surface area (Å²) in [7, 11) is 0. The van der Waals surface area contributed by atoms with E-state index in [4.69, 9.17) is 5.73 Å². The highest BCUT2D eigenvalue weighted by Crippen LogP contribution is 2.48. The van der Waals surface area contributed by atoms with Crippen molar-refractivity contribution in [2.24, 2.45) is 5.73 Å². The SMILES string of the molecule is CCc1cc2c(cc1-c1cc(C(N)=O)c(C)n1CCc1ccccc1)C(C)(C)CCC2(C)C. The smallest absolute Gasteiger partial charge is 0.250 e. The first-order chi connectivity index (χ1) is 15.5. The van der Waals surface area contributed by atoms with Crippen molar-refractivity contribution in [3.05, 3.63) is 82.0 Å². The van der Waals surface area contributed by atoms with Crippen LogP contribution in [0.2, 0.25) is 0 Å². The maximum atomic E-state index is 12.3. The van der Waals surface area contributed by atoms with Crippen LogP contribution in [0.5, 0.6) is 0 Å². The van der Waals surface area contributed by atoms with E-state index in [1.165, 1.54) is 40.7 Å². The van der Waals surface area contributed by atoms with Crippen molar-refractivity contribution in [3.8, 4) is 11.3 Å². The number of benzene rings is 2. The number of carbonyl (C=O) groups excluding carboxylic acids is 1. The van der Waals surface area contributed by atoms with Crippen LogP contribution in [-0.2, 0) is 30.2 Å². The first-order valence-electron chi connectivity index (χ1n) is 12.3. The molecule has 1 amide bonds. The highest BCUT2D eigenvalue weighted by atomic mass is 16.1. The molecule has 0 bridgehead atoms. The number of aromatic nitrogens is 1. The van der Waals surface area contributed by atoms with Gasteiger partial charge in [-0.3, -0.25) is 4.79 Å². The van der Waals surface area contributed by atoms with Gasteiger partial charge in [0, 0.05) is 23.5 Å². The van der Waals surface area contributed by atoms with Gasteiger partial charge in [0.25, 0.3) is 5.91 Å². The van der Waals surface area contributed by atoms with Gasteiger partial charge in [-0.15, -0.1) is 0 Å². The maximum absolute atomic E-state index is 12.3. The lowest BCUT2D eigenvalue weighted by Gasteiger charge is -2.42. The lowest BCUT2D eigenvalue weighted by Crippen LogP contribution is -2.34. The Balaban J connectivity index is 1.89. The molecular formula is C30H38N2O. The molecule has 33 heavy (non-hydrogen) atoms. The number of amides is 1. The Labute approximate surface area is 199 Å². The minimum atomic E-state index is -0.357. The van der Waals surface area contributed by atoms with E-state index < -0.39 is 0 Å². The number of primary amides is 1. The molecule has 0 unspecified atom stereocenters. The summed E-state index contributed by atoms with van der Waals surface area (Å²) < 4.78 is 2.30. The average Bonchev–Trinajstić information content (AvgIpc) is 3.11. The third-order valence-electron chi connectivity index (χ3n) is 7.83. The summed E-state index contributed by atoms with van der Waals surface area (Å²) >= 11 is 0. The van der Waals surface area contributed by atoms with Crippen molar-refractivity contribution in [3.63, 3.8) is 0 Å². The second kappa shape index (κ2) is 8.52. The van der Waals surface area contributed by atoms with Crippen molar-refractivity contribution in [2.45, 2.75) is 84.6 Å². The summed E-state index contributed by atoms with van der Waals surface area (Å²) in [5.74, 6) is -0.357. The van der Waals surface area contributed by atoms with E-state index in [0.717, 1.165) is 30.8 Å². The number of nitrogens with zero attached hydrogens (tertiary/aromatic N) is 1. The molecule has 2 aromatic carbocycles. The summed E-state index contributed by atoms with van der Waals surface area (Å²) in [5, 5.41) is 0. The molecular weight excluding hydrogens is 404 g/mol. The zero-order valence-electron chi connectivity index (χ0n) is 21.1. The number of hydrogen-bond acceptors (Lipinski definition) is 1. The minimum absolute atomic E-state index is 0.134. The van der Waals surface area contributed by atoms with Gasteiger partial charge >= 0.3 is 0 Å². The third-order valence-corrected chi connectivity index (χ3v) is 7.83. The number of rotatable bonds is 6. The molecule has 2 N–H and O–H groups in total. The molecule has 0 saturated heterocycles. The molecule has 1 aliphatic rings. The molecule has 1 aromatic heterocycles. The maximum Gasteiger partial charge on any atom is 0.250 e. The number of nitrogens with two attached hydrogens (primary N) is 1. The molecule has 1 aliphatic carbocycles. The predicted molar refractivity (Wildman–Crippen MR) is 138 cm³/mol. The minimum Gasteiger partial charge on any atom is -0.366 e. The summed E-state index contributed by atoms with van der Waals surface area (Å²) in [6.07, 6.45) is 4.24. The van der Waals surface area contributed by atoms with Crippen molar-refractivity contribution >= 4 is 5.91 Å². The van der Waals surface area contributed by atoms with E-state index in [2.05, 4.69) is 75.6 Å². The highest BCUT2D eigenvalue weighted by Gasteiger charge is 2.38. The van der Waals surface area contributed by atoms with Gasteiger partial charge in [-0.1, -0.05) is 71.0 Å². The van der Waals surface area contributed by atoms with Crippen LogP contribution in [-0.4, -0.2) is 10.5 Å². The summed E-state index contributed by atoms with van der Waals surface area (Å²) in [5.41, 5.74) is 15.6. The molecule has 1 heterocycles. The molecule has 174 valence electrons. The van der Waals surface area contributed by atoms with Gasteiger partial charge in [0.05, 0.1) is 5.56 Å². The molecule has 4 rings (SSSR count). The van der Waals surface area contributed by atoms with Crippen molar-refractivity contribution < 1.29 is 4.79 Å². The lowest BCUT2D eigenvalue weighted by molar-refractivity contribution is 0.0999. The zero-order chi connectivity index (χ0) is 24.0. The van der Waals surface area contributed by atoms with E-state index in [1.54, 1.807) is 0 Å². The summed E-state index contributed by atoms with van der Waals surface area (Å²) in [4.78, 5) is 12.3.